The fourth-order valence-electron chi connectivity index (χ4n) is 5.32. The summed E-state index contributed by atoms with van der Waals surface area (Å²) in [7, 11) is 2.16. The van der Waals surface area contributed by atoms with Crippen molar-refractivity contribution in [2.45, 2.75) is 64.3 Å². The summed E-state index contributed by atoms with van der Waals surface area (Å²) >= 11 is 0. The van der Waals surface area contributed by atoms with Gasteiger partial charge in [-0.3, -0.25) is 14.3 Å². The molecule has 182 valence electrons. The topological polar surface area (TPSA) is 86.5 Å². The van der Waals surface area contributed by atoms with Crippen molar-refractivity contribution in [1.29, 1.82) is 0 Å². The molecule has 34 heavy (non-hydrogen) atoms. The van der Waals surface area contributed by atoms with Crippen LogP contribution in [0.25, 0.3) is 21.8 Å². The maximum absolute atomic E-state index is 13.9. The number of nitrogens with zero attached hydrogens (tertiary/aromatic N) is 5. The Hall–Kier alpha value is -2.55. The van der Waals surface area contributed by atoms with Crippen LogP contribution in [0, 0.1) is 0 Å². The summed E-state index contributed by atoms with van der Waals surface area (Å²) in [5.41, 5.74) is 1.86. The highest BCUT2D eigenvalue weighted by Gasteiger charge is 2.25. The van der Waals surface area contributed by atoms with Gasteiger partial charge in [0.2, 0.25) is 5.95 Å². The van der Waals surface area contributed by atoms with Crippen molar-refractivity contribution in [2.75, 3.05) is 38.5 Å². The van der Waals surface area contributed by atoms with E-state index in [4.69, 9.17) is 4.98 Å². The number of aliphatic hydroxyl groups excluding tert-OH is 1. The van der Waals surface area contributed by atoms with Gasteiger partial charge in [0.25, 0.3) is 5.56 Å². The summed E-state index contributed by atoms with van der Waals surface area (Å²) in [4.78, 5) is 28.1. The number of piperazine rings is 1. The Morgan fingerprint density at radius 2 is 1.79 bits per heavy atom. The highest BCUT2D eigenvalue weighted by atomic mass is 16.3. The van der Waals surface area contributed by atoms with E-state index in [0.29, 0.717) is 24.4 Å². The van der Waals surface area contributed by atoms with Gasteiger partial charge in [-0.1, -0.05) is 12.1 Å². The number of nitrogens with one attached hydrogen (secondary N) is 1. The Bertz CT molecular complexity index is 1220. The number of hydrogen-bond donors (Lipinski definition) is 2. The third-order valence-corrected chi connectivity index (χ3v) is 7.27. The lowest BCUT2D eigenvalue weighted by Gasteiger charge is -2.32. The molecule has 5 rings (SSSR count). The third kappa shape index (κ3) is 4.67. The zero-order chi connectivity index (χ0) is 23.8. The minimum absolute atomic E-state index is 0.0123. The lowest BCUT2D eigenvalue weighted by Crippen LogP contribution is -2.43. The molecule has 3 heterocycles. The third-order valence-electron chi connectivity index (χ3n) is 7.27. The average Bonchev–Trinajstić information content (AvgIpc) is 2.81. The molecule has 0 unspecified atom stereocenters. The van der Waals surface area contributed by atoms with E-state index in [9.17, 15) is 9.90 Å². The summed E-state index contributed by atoms with van der Waals surface area (Å²) in [6.45, 7) is 9.17. The molecule has 3 aromatic rings. The smallest absolute Gasteiger partial charge is 0.260 e. The first-order valence-corrected chi connectivity index (χ1v) is 12.6. The van der Waals surface area contributed by atoms with Gasteiger partial charge in [-0.2, -0.15) is 4.98 Å². The Balaban J connectivity index is 1.61. The number of rotatable bonds is 5. The molecular formula is C26H36N6O2. The van der Waals surface area contributed by atoms with Crippen molar-refractivity contribution < 1.29 is 5.11 Å². The maximum Gasteiger partial charge on any atom is 0.260 e. The van der Waals surface area contributed by atoms with Crippen LogP contribution in [0.5, 0.6) is 0 Å². The number of likely N-dealkylation sites (N-methyl/N-ethyl adjacent to an activating group) is 1. The van der Waals surface area contributed by atoms with Crippen molar-refractivity contribution in [3.05, 3.63) is 40.3 Å². The second kappa shape index (κ2) is 9.60. The molecule has 1 aliphatic carbocycles. The van der Waals surface area contributed by atoms with Gasteiger partial charge in [-0.25, -0.2) is 4.98 Å². The molecule has 0 bridgehead atoms. The molecule has 2 aliphatic rings. The number of pyridine rings is 1. The highest BCUT2D eigenvalue weighted by Crippen LogP contribution is 2.32. The zero-order valence-electron chi connectivity index (χ0n) is 20.5. The van der Waals surface area contributed by atoms with Crippen molar-refractivity contribution in [2.24, 2.45) is 0 Å². The van der Waals surface area contributed by atoms with E-state index >= 15 is 0 Å². The van der Waals surface area contributed by atoms with Gasteiger partial charge in [-0.15, -0.1) is 0 Å². The van der Waals surface area contributed by atoms with Gasteiger partial charge < -0.3 is 15.3 Å². The molecule has 0 amide bonds. The summed E-state index contributed by atoms with van der Waals surface area (Å²) in [6.07, 6.45) is 4.55. The molecule has 1 aromatic carbocycles. The van der Waals surface area contributed by atoms with Gasteiger partial charge >= 0.3 is 0 Å². The van der Waals surface area contributed by atoms with Crippen LogP contribution in [0.2, 0.25) is 0 Å². The molecular weight excluding hydrogens is 428 g/mol. The highest BCUT2D eigenvalue weighted by molar-refractivity contribution is 6.04. The summed E-state index contributed by atoms with van der Waals surface area (Å²) in [6, 6.07) is 6.51. The molecule has 2 aromatic heterocycles. The molecule has 2 N–H and O–H groups in total. The zero-order valence-corrected chi connectivity index (χ0v) is 20.5. The van der Waals surface area contributed by atoms with Crippen molar-refractivity contribution in [3.8, 4) is 0 Å². The van der Waals surface area contributed by atoms with Crippen LogP contribution in [0.15, 0.2) is 29.2 Å². The van der Waals surface area contributed by atoms with E-state index in [0.717, 1.165) is 67.3 Å². The van der Waals surface area contributed by atoms with Crippen LogP contribution < -0.4 is 10.9 Å². The largest absolute Gasteiger partial charge is 0.393 e. The average molecular weight is 465 g/mol. The maximum atomic E-state index is 13.9. The number of aliphatic hydroxyl groups is 1. The number of fused-ring (bicyclic) bond motifs is 3. The SMILES string of the molecule is CC(C)Nc1ncc2c3ccc(CN4CCN(C)CC4)cc3c(=O)n(C3CCC(O)CC3)c2n1. The molecule has 1 aliphatic heterocycles. The van der Waals surface area contributed by atoms with Gasteiger partial charge in [0.05, 0.1) is 6.10 Å². The summed E-state index contributed by atoms with van der Waals surface area (Å²) in [5.74, 6) is 0.539. The molecule has 8 heteroatoms. The van der Waals surface area contributed by atoms with E-state index < -0.39 is 0 Å². The number of aromatic nitrogens is 3. The molecule has 8 nitrogen and oxygen atoms in total. The molecule has 0 spiro atoms. The normalized spacial score (nSPS) is 22.6. The molecule has 1 saturated heterocycles. The lowest BCUT2D eigenvalue weighted by atomic mass is 9.92. The number of hydrogen-bond acceptors (Lipinski definition) is 7. The first kappa shape index (κ1) is 23.2. The Morgan fingerprint density at radius 1 is 1.06 bits per heavy atom. The summed E-state index contributed by atoms with van der Waals surface area (Å²) in [5, 5.41) is 15.9. The second-order valence-corrected chi connectivity index (χ2v) is 10.3. The minimum atomic E-state index is -0.276. The molecule has 2 fully saturated rings. The van der Waals surface area contributed by atoms with Gasteiger partial charge in [0.15, 0.2) is 0 Å². The Labute approximate surface area is 200 Å². The van der Waals surface area contributed by atoms with Gasteiger partial charge in [0, 0.05) is 61.8 Å². The van der Waals surface area contributed by atoms with E-state index in [1.54, 1.807) is 0 Å². The first-order valence-electron chi connectivity index (χ1n) is 12.6. The van der Waals surface area contributed by atoms with E-state index in [1.165, 1.54) is 0 Å². The standard InChI is InChI=1S/C26H36N6O2/c1-17(2)28-26-27-15-23-21-9-4-18(16-31-12-10-30(3)11-13-31)14-22(21)25(34)32(24(23)29-26)19-5-7-20(33)8-6-19/h4,9,14-15,17,19-20,33H,5-8,10-13,16H2,1-3H3,(H,27,28,29). The van der Waals surface area contributed by atoms with Crippen molar-refractivity contribution in [1.82, 2.24) is 24.3 Å². The van der Waals surface area contributed by atoms with E-state index in [-0.39, 0.29) is 23.7 Å². The van der Waals surface area contributed by atoms with Gasteiger partial charge in [-0.05, 0) is 63.6 Å². The van der Waals surface area contributed by atoms with Crippen LogP contribution in [0.3, 0.4) is 0 Å². The fraction of sp³-hybridized carbons (Fsp3) is 0.577. The molecule has 0 atom stereocenters. The summed E-state index contributed by atoms with van der Waals surface area (Å²) < 4.78 is 1.89. The first-order chi connectivity index (χ1) is 16.4. The quantitative estimate of drug-likeness (QED) is 0.562. The predicted octanol–water partition coefficient (Wildman–Crippen LogP) is 2.99. The van der Waals surface area contributed by atoms with E-state index in [1.807, 2.05) is 24.6 Å². The fourth-order valence-corrected chi connectivity index (χ4v) is 5.32. The van der Waals surface area contributed by atoms with Crippen LogP contribution in [0.1, 0.15) is 51.1 Å². The van der Waals surface area contributed by atoms with Crippen LogP contribution >= 0.6 is 0 Å². The van der Waals surface area contributed by atoms with Crippen molar-refractivity contribution in [3.63, 3.8) is 0 Å². The van der Waals surface area contributed by atoms with Gasteiger partial charge in [0.1, 0.15) is 5.65 Å². The predicted molar refractivity (Wildman–Crippen MR) is 136 cm³/mol. The lowest BCUT2D eigenvalue weighted by molar-refractivity contribution is 0.111. The minimum Gasteiger partial charge on any atom is -0.393 e. The number of benzene rings is 1. The second-order valence-electron chi connectivity index (χ2n) is 10.3. The monoisotopic (exact) mass is 464 g/mol. The number of anilines is 1. The van der Waals surface area contributed by atoms with Crippen LogP contribution in [0.4, 0.5) is 5.95 Å². The van der Waals surface area contributed by atoms with Crippen LogP contribution in [-0.2, 0) is 6.54 Å². The Morgan fingerprint density at radius 3 is 2.50 bits per heavy atom. The van der Waals surface area contributed by atoms with Crippen LogP contribution in [-0.4, -0.2) is 74.8 Å². The molecule has 0 radical (unpaired) electrons. The molecule has 1 saturated carbocycles. The Kier molecular flexibility index (Phi) is 6.55. The van der Waals surface area contributed by atoms with Crippen molar-refractivity contribution >= 4 is 27.8 Å². The van der Waals surface area contributed by atoms with E-state index in [2.05, 4.69) is 45.3 Å².